The van der Waals surface area contributed by atoms with Crippen LogP contribution in [0.1, 0.15) is 65.7 Å². The third-order valence-corrected chi connectivity index (χ3v) is 5.06. The molecule has 0 spiro atoms. The van der Waals surface area contributed by atoms with Gasteiger partial charge in [-0.25, -0.2) is 0 Å². The van der Waals surface area contributed by atoms with Crippen LogP contribution in [0, 0.1) is 17.3 Å². The first-order valence-corrected chi connectivity index (χ1v) is 8.53. The molecule has 0 saturated heterocycles. The standard InChI is InChI=1S/C17H36N2O/c1-17(2,3)15-9-7-14(8-10-15)16(13-18)19-11-5-4-6-12-20/h14-16,19-20H,4-13,18H2,1-3H3. The third-order valence-electron chi connectivity index (χ3n) is 5.06. The van der Waals surface area contributed by atoms with Gasteiger partial charge in [0.1, 0.15) is 0 Å². The summed E-state index contributed by atoms with van der Waals surface area (Å²) in [4.78, 5) is 0. The summed E-state index contributed by atoms with van der Waals surface area (Å²) < 4.78 is 0. The second-order valence-corrected chi connectivity index (χ2v) is 7.56. The molecule has 4 N–H and O–H groups in total. The van der Waals surface area contributed by atoms with Gasteiger partial charge in [0.15, 0.2) is 0 Å². The molecule has 0 aromatic rings. The van der Waals surface area contributed by atoms with Crippen LogP contribution in [-0.4, -0.2) is 30.8 Å². The van der Waals surface area contributed by atoms with E-state index >= 15 is 0 Å². The predicted molar refractivity (Wildman–Crippen MR) is 86.7 cm³/mol. The first kappa shape index (κ1) is 17.9. The van der Waals surface area contributed by atoms with E-state index in [0.29, 0.717) is 18.1 Å². The molecule has 1 rings (SSSR count). The average Bonchev–Trinajstić information content (AvgIpc) is 2.42. The van der Waals surface area contributed by atoms with Gasteiger partial charge >= 0.3 is 0 Å². The molecule has 0 radical (unpaired) electrons. The monoisotopic (exact) mass is 284 g/mol. The van der Waals surface area contributed by atoms with Gasteiger partial charge in [-0.05, 0) is 68.7 Å². The van der Waals surface area contributed by atoms with Crippen molar-refractivity contribution in [3.8, 4) is 0 Å². The largest absolute Gasteiger partial charge is 0.396 e. The lowest BCUT2D eigenvalue weighted by atomic mass is 9.68. The maximum absolute atomic E-state index is 8.77. The van der Waals surface area contributed by atoms with Gasteiger partial charge in [-0.1, -0.05) is 20.8 Å². The zero-order valence-electron chi connectivity index (χ0n) is 13.8. The van der Waals surface area contributed by atoms with Crippen LogP contribution in [-0.2, 0) is 0 Å². The molecule has 3 heteroatoms. The Labute approximate surface area is 125 Å². The highest BCUT2D eigenvalue weighted by Gasteiger charge is 2.32. The number of hydrogen-bond acceptors (Lipinski definition) is 3. The van der Waals surface area contributed by atoms with Gasteiger partial charge in [0.25, 0.3) is 0 Å². The highest BCUT2D eigenvalue weighted by atomic mass is 16.2. The van der Waals surface area contributed by atoms with Gasteiger partial charge < -0.3 is 16.2 Å². The lowest BCUT2D eigenvalue weighted by Crippen LogP contribution is -2.44. The Kier molecular flexibility index (Phi) is 8.08. The summed E-state index contributed by atoms with van der Waals surface area (Å²) in [5.74, 6) is 1.64. The van der Waals surface area contributed by atoms with E-state index in [0.717, 1.165) is 44.2 Å². The molecule has 1 fully saturated rings. The van der Waals surface area contributed by atoms with Crippen molar-refractivity contribution in [2.45, 2.75) is 71.8 Å². The van der Waals surface area contributed by atoms with E-state index in [2.05, 4.69) is 26.1 Å². The maximum atomic E-state index is 8.77. The van der Waals surface area contributed by atoms with E-state index in [1.54, 1.807) is 0 Å². The molecule has 0 aromatic carbocycles. The van der Waals surface area contributed by atoms with Crippen LogP contribution in [0.4, 0.5) is 0 Å². The van der Waals surface area contributed by atoms with E-state index in [4.69, 9.17) is 10.8 Å². The molecule has 1 saturated carbocycles. The molecule has 0 amide bonds. The fourth-order valence-electron chi connectivity index (χ4n) is 3.53. The van der Waals surface area contributed by atoms with Crippen molar-refractivity contribution in [1.29, 1.82) is 0 Å². The number of nitrogens with two attached hydrogens (primary N) is 1. The molecule has 1 atom stereocenters. The van der Waals surface area contributed by atoms with Gasteiger partial charge in [0.2, 0.25) is 0 Å². The average molecular weight is 284 g/mol. The zero-order chi connectivity index (χ0) is 15.0. The van der Waals surface area contributed by atoms with Crippen molar-refractivity contribution >= 4 is 0 Å². The lowest BCUT2D eigenvalue weighted by Gasteiger charge is -2.39. The smallest absolute Gasteiger partial charge is 0.0431 e. The first-order valence-electron chi connectivity index (χ1n) is 8.53. The van der Waals surface area contributed by atoms with Crippen LogP contribution in [0.15, 0.2) is 0 Å². The number of aliphatic hydroxyl groups is 1. The van der Waals surface area contributed by atoms with Crippen molar-refractivity contribution in [3.05, 3.63) is 0 Å². The fourth-order valence-corrected chi connectivity index (χ4v) is 3.53. The summed E-state index contributed by atoms with van der Waals surface area (Å²) in [6.07, 6.45) is 8.55. The Morgan fingerprint density at radius 1 is 1.10 bits per heavy atom. The minimum atomic E-state index is 0.317. The Balaban J connectivity index is 2.26. The molecule has 1 aliphatic carbocycles. The normalized spacial score (nSPS) is 25.6. The van der Waals surface area contributed by atoms with Gasteiger partial charge in [0.05, 0.1) is 0 Å². The van der Waals surface area contributed by atoms with Crippen molar-refractivity contribution in [2.75, 3.05) is 19.7 Å². The molecular weight excluding hydrogens is 248 g/mol. The van der Waals surface area contributed by atoms with E-state index in [1.807, 2.05) is 0 Å². The van der Waals surface area contributed by atoms with Gasteiger partial charge in [0, 0.05) is 19.2 Å². The molecule has 1 aliphatic rings. The number of aliphatic hydroxyl groups excluding tert-OH is 1. The summed E-state index contributed by atoms with van der Waals surface area (Å²) >= 11 is 0. The molecule has 120 valence electrons. The summed E-state index contributed by atoms with van der Waals surface area (Å²) in [5, 5.41) is 12.4. The highest BCUT2D eigenvalue weighted by Crippen LogP contribution is 2.40. The summed E-state index contributed by atoms with van der Waals surface area (Å²) in [6, 6.07) is 0.491. The van der Waals surface area contributed by atoms with Gasteiger partial charge in [-0.15, -0.1) is 0 Å². The Bertz CT molecular complexity index is 242. The van der Waals surface area contributed by atoms with Crippen molar-refractivity contribution < 1.29 is 5.11 Å². The molecule has 0 heterocycles. The second kappa shape index (κ2) is 9.01. The third kappa shape index (κ3) is 6.11. The minimum Gasteiger partial charge on any atom is -0.396 e. The van der Waals surface area contributed by atoms with Crippen molar-refractivity contribution in [2.24, 2.45) is 23.0 Å². The fraction of sp³-hybridized carbons (Fsp3) is 1.00. The molecule has 1 unspecified atom stereocenters. The summed E-state index contributed by atoms with van der Waals surface area (Å²) in [7, 11) is 0. The Morgan fingerprint density at radius 3 is 2.25 bits per heavy atom. The van der Waals surface area contributed by atoms with Crippen LogP contribution in [0.25, 0.3) is 0 Å². The minimum absolute atomic E-state index is 0.317. The van der Waals surface area contributed by atoms with Crippen molar-refractivity contribution in [1.82, 2.24) is 5.32 Å². The first-order chi connectivity index (χ1) is 9.49. The SMILES string of the molecule is CC(C)(C)C1CCC(C(CN)NCCCCCO)CC1. The van der Waals surface area contributed by atoms with Gasteiger partial charge in [-0.3, -0.25) is 0 Å². The van der Waals surface area contributed by atoms with Crippen LogP contribution < -0.4 is 11.1 Å². The topological polar surface area (TPSA) is 58.3 Å². The molecule has 0 aromatic heterocycles. The summed E-state index contributed by atoms with van der Waals surface area (Å²) in [6.45, 7) is 9.23. The van der Waals surface area contributed by atoms with E-state index < -0.39 is 0 Å². The number of unbranched alkanes of at least 4 members (excludes halogenated alkanes) is 2. The van der Waals surface area contributed by atoms with Gasteiger partial charge in [-0.2, -0.15) is 0 Å². The Morgan fingerprint density at radius 2 is 1.75 bits per heavy atom. The second-order valence-electron chi connectivity index (χ2n) is 7.56. The lowest BCUT2D eigenvalue weighted by molar-refractivity contribution is 0.133. The van der Waals surface area contributed by atoms with E-state index in [9.17, 15) is 0 Å². The van der Waals surface area contributed by atoms with Crippen LogP contribution in [0.5, 0.6) is 0 Å². The molecule has 20 heavy (non-hydrogen) atoms. The van der Waals surface area contributed by atoms with E-state index in [-0.39, 0.29) is 0 Å². The van der Waals surface area contributed by atoms with Crippen LogP contribution >= 0.6 is 0 Å². The molecular formula is C17H36N2O. The van der Waals surface area contributed by atoms with Crippen LogP contribution in [0.3, 0.4) is 0 Å². The highest BCUT2D eigenvalue weighted by molar-refractivity contribution is 4.86. The Hall–Kier alpha value is -0.120. The van der Waals surface area contributed by atoms with Crippen LogP contribution in [0.2, 0.25) is 0 Å². The van der Waals surface area contributed by atoms with Crippen molar-refractivity contribution in [3.63, 3.8) is 0 Å². The maximum Gasteiger partial charge on any atom is 0.0431 e. The number of nitrogens with one attached hydrogen (secondary N) is 1. The zero-order valence-corrected chi connectivity index (χ0v) is 13.8. The van der Waals surface area contributed by atoms with E-state index in [1.165, 1.54) is 25.7 Å². The summed E-state index contributed by atoms with van der Waals surface area (Å²) in [5.41, 5.74) is 6.42. The number of rotatable bonds is 8. The quantitative estimate of drug-likeness (QED) is 0.601. The molecule has 0 aliphatic heterocycles. The molecule has 0 bridgehead atoms. The number of hydrogen-bond donors (Lipinski definition) is 3. The predicted octanol–water partition coefficient (Wildman–Crippen LogP) is 2.92. The molecule has 3 nitrogen and oxygen atoms in total.